The van der Waals surface area contributed by atoms with E-state index in [9.17, 15) is 4.79 Å². The third kappa shape index (κ3) is 4.08. The van der Waals surface area contributed by atoms with Gasteiger partial charge < -0.3 is 9.64 Å². The third-order valence-corrected chi connectivity index (χ3v) is 4.68. The summed E-state index contributed by atoms with van der Waals surface area (Å²) in [5, 5.41) is 11.0. The van der Waals surface area contributed by atoms with Crippen molar-refractivity contribution in [3.8, 4) is 11.4 Å². The summed E-state index contributed by atoms with van der Waals surface area (Å²) in [5.74, 6) is 1.02. The fourth-order valence-corrected chi connectivity index (χ4v) is 3.18. The van der Waals surface area contributed by atoms with E-state index in [0.717, 1.165) is 37.3 Å². The minimum absolute atomic E-state index is 0.000639. The van der Waals surface area contributed by atoms with Gasteiger partial charge in [0.1, 0.15) is 18.4 Å². The Morgan fingerprint density at radius 3 is 2.63 bits per heavy atom. The third-order valence-electron chi connectivity index (χ3n) is 4.68. The summed E-state index contributed by atoms with van der Waals surface area (Å²) in [5.41, 5.74) is 1.88. The number of rotatable bonds is 5. The molecule has 1 aromatic carbocycles. The van der Waals surface area contributed by atoms with Crippen LogP contribution in [0, 0.1) is 0 Å². The highest BCUT2D eigenvalue weighted by molar-refractivity contribution is 5.77. The summed E-state index contributed by atoms with van der Waals surface area (Å²) < 4.78 is 7.18. The molecule has 0 saturated carbocycles. The van der Waals surface area contributed by atoms with Crippen LogP contribution in [0.5, 0.6) is 5.75 Å². The molecule has 0 bridgehead atoms. The molecule has 0 aliphatic carbocycles. The molecule has 4 rings (SSSR count). The number of aromatic nitrogens is 6. The van der Waals surface area contributed by atoms with E-state index in [4.69, 9.17) is 4.74 Å². The van der Waals surface area contributed by atoms with Crippen LogP contribution < -0.4 is 4.74 Å². The van der Waals surface area contributed by atoms with Gasteiger partial charge in [-0.15, -0.1) is 5.10 Å². The van der Waals surface area contributed by atoms with Crippen molar-refractivity contribution >= 4 is 5.91 Å². The molecule has 1 fully saturated rings. The second-order valence-corrected chi connectivity index (χ2v) is 6.33. The summed E-state index contributed by atoms with van der Waals surface area (Å²) in [6.45, 7) is 1.46. The molecule has 3 heterocycles. The zero-order valence-electron chi connectivity index (χ0n) is 14.7. The molecule has 0 atom stereocenters. The fraction of sp³-hybridized carbons (Fsp3) is 0.333. The lowest BCUT2D eigenvalue weighted by molar-refractivity contribution is -0.134. The topological polar surface area (TPSA) is 98.9 Å². The maximum atomic E-state index is 12.4. The summed E-state index contributed by atoms with van der Waals surface area (Å²) >= 11 is 0. The van der Waals surface area contributed by atoms with Crippen LogP contribution in [-0.2, 0) is 4.79 Å². The summed E-state index contributed by atoms with van der Waals surface area (Å²) in [4.78, 5) is 22.5. The van der Waals surface area contributed by atoms with Gasteiger partial charge in [0.2, 0.25) is 0 Å². The number of carbonyl (C=O) groups is 1. The standard InChI is InChI=1S/C18H19N7O2/c26-18(24-9-6-14(7-10-24)17-5-8-19-12-20-17)11-27-16-3-1-15(2-4-16)25-13-21-22-23-25/h1-5,8,12-14H,6-7,9-11H2. The van der Waals surface area contributed by atoms with E-state index >= 15 is 0 Å². The molecular formula is C18H19N7O2. The quantitative estimate of drug-likeness (QED) is 0.671. The Kier molecular flexibility index (Phi) is 4.99. The maximum absolute atomic E-state index is 12.4. The molecule has 1 aliphatic heterocycles. The second kappa shape index (κ2) is 7.90. The number of carbonyl (C=O) groups excluding carboxylic acids is 1. The molecule has 2 aromatic heterocycles. The fourth-order valence-electron chi connectivity index (χ4n) is 3.18. The second-order valence-electron chi connectivity index (χ2n) is 6.33. The molecular weight excluding hydrogens is 346 g/mol. The molecule has 0 radical (unpaired) electrons. The van der Waals surface area contributed by atoms with Crippen molar-refractivity contribution in [1.29, 1.82) is 0 Å². The molecule has 27 heavy (non-hydrogen) atoms. The SMILES string of the molecule is O=C(COc1ccc(-n2cnnn2)cc1)N1CCC(c2ccncn2)CC1. The molecule has 1 aliphatic rings. The van der Waals surface area contributed by atoms with Crippen molar-refractivity contribution in [1.82, 2.24) is 35.1 Å². The Hall–Kier alpha value is -3.36. The van der Waals surface area contributed by atoms with Crippen LogP contribution >= 0.6 is 0 Å². The van der Waals surface area contributed by atoms with E-state index in [0.29, 0.717) is 11.7 Å². The average Bonchev–Trinajstić information content (AvgIpc) is 3.28. The number of likely N-dealkylation sites (tertiary alicyclic amines) is 1. The Morgan fingerprint density at radius 1 is 1.15 bits per heavy atom. The maximum Gasteiger partial charge on any atom is 0.260 e. The minimum atomic E-state index is 0.000639. The number of ether oxygens (including phenoxy) is 1. The summed E-state index contributed by atoms with van der Waals surface area (Å²) in [6, 6.07) is 9.22. The van der Waals surface area contributed by atoms with Gasteiger partial charge in [-0.3, -0.25) is 4.79 Å². The van der Waals surface area contributed by atoms with Crippen molar-refractivity contribution in [3.05, 3.63) is 54.9 Å². The first-order valence-corrected chi connectivity index (χ1v) is 8.79. The van der Waals surface area contributed by atoms with Gasteiger partial charge in [-0.05, 0) is 53.6 Å². The van der Waals surface area contributed by atoms with Crippen molar-refractivity contribution in [3.63, 3.8) is 0 Å². The predicted molar refractivity (Wildman–Crippen MR) is 95.2 cm³/mol. The van der Waals surface area contributed by atoms with Gasteiger partial charge in [0, 0.05) is 30.9 Å². The van der Waals surface area contributed by atoms with Gasteiger partial charge in [0.05, 0.1) is 5.69 Å². The van der Waals surface area contributed by atoms with Gasteiger partial charge in [0.15, 0.2) is 6.61 Å². The number of tetrazole rings is 1. The van der Waals surface area contributed by atoms with E-state index in [1.807, 2.05) is 23.1 Å². The monoisotopic (exact) mass is 365 g/mol. The van der Waals surface area contributed by atoms with Crippen LogP contribution in [0.1, 0.15) is 24.5 Å². The zero-order chi connectivity index (χ0) is 18.5. The van der Waals surface area contributed by atoms with E-state index in [1.165, 1.54) is 6.33 Å². The van der Waals surface area contributed by atoms with E-state index in [1.54, 1.807) is 29.3 Å². The first-order valence-electron chi connectivity index (χ1n) is 8.79. The van der Waals surface area contributed by atoms with Crippen LogP contribution in [-0.4, -0.2) is 60.7 Å². The Balaban J connectivity index is 1.26. The number of piperidine rings is 1. The van der Waals surface area contributed by atoms with Gasteiger partial charge in [0.25, 0.3) is 5.91 Å². The highest BCUT2D eigenvalue weighted by atomic mass is 16.5. The van der Waals surface area contributed by atoms with Crippen LogP contribution in [0.3, 0.4) is 0 Å². The van der Waals surface area contributed by atoms with E-state index < -0.39 is 0 Å². The highest BCUT2D eigenvalue weighted by Gasteiger charge is 2.24. The number of nitrogens with zero attached hydrogens (tertiary/aromatic N) is 7. The average molecular weight is 365 g/mol. The first-order chi connectivity index (χ1) is 13.3. The largest absolute Gasteiger partial charge is 0.484 e. The number of hydrogen-bond donors (Lipinski definition) is 0. The lowest BCUT2D eigenvalue weighted by atomic mass is 9.93. The number of amides is 1. The molecule has 138 valence electrons. The number of hydrogen-bond acceptors (Lipinski definition) is 7. The lowest BCUT2D eigenvalue weighted by Crippen LogP contribution is -2.40. The summed E-state index contributed by atoms with van der Waals surface area (Å²) in [6.07, 6.45) is 6.67. The van der Waals surface area contributed by atoms with Crippen molar-refractivity contribution in [2.45, 2.75) is 18.8 Å². The van der Waals surface area contributed by atoms with E-state index in [-0.39, 0.29) is 12.5 Å². The van der Waals surface area contributed by atoms with Crippen molar-refractivity contribution in [2.75, 3.05) is 19.7 Å². The Bertz CT molecular complexity index is 860. The molecule has 1 amide bonds. The molecule has 0 unspecified atom stereocenters. The van der Waals surface area contributed by atoms with E-state index in [2.05, 4.69) is 25.5 Å². The zero-order valence-corrected chi connectivity index (χ0v) is 14.7. The smallest absolute Gasteiger partial charge is 0.260 e. The van der Waals surface area contributed by atoms with Gasteiger partial charge in [-0.25, -0.2) is 14.6 Å². The van der Waals surface area contributed by atoms with Gasteiger partial charge >= 0.3 is 0 Å². The molecule has 9 heteroatoms. The normalized spacial score (nSPS) is 14.9. The first kappa shape index (κ1) is 17.1. The lowest BCUT2D eigenvalue weighted by Gasteiger charge is -2.31. The molecule has 1 saturated heterocycles. The van der Waals surface area contributed by atoms with Crippen molar-refractivity contribution < 1.29 is 9.53 Å². The minimum Gasteiger partial charge on any atom is -0.484 e. The molecule has 0 N–H and O–H groups in total. The van der Waals surface area contributed by atoms with Gasteiger partial charge in [-0.1, -0.05) is 0 Å². The number of benzene rings is 1. The van der Waals surface area contributed by atoms with Gasteiger partial charge in [-0.2, -0.15) is 0 Å². The molecule has 9 nitrogen and oxygen atoms in total. The van der Waals surface area contributed by atoms with Crippen LogP contribution in [0.15, 0.2) is 49.2 Å². The summed E-state index contributed by atoms with van der Waals surface area (Å²) in [7, 11) is 0. The van der Waals surface area contributed by atoms with Crippen molar-refractivity contribution in [2.24, 2.45) is 0 Å². The van der Waals surface area contributed by atoms with Crippen LogP contribution in [0.4, 0.5) is 0 Å². The van der Waals surface area contributed by atoms with Crippen LogP contribution in [0.2, 0.25) is 0 Å². The predicted octanol–water partition coefficient (Wildman–Crippen LogP) is 1.24. The Morgan fingerprint density at radius 2 is 1.96 bits per heavy atom. The molecule has 0 spiro atoms. The van der Waals surface area contributed by atoms with Crippen LogP contribution in [0.25, 0.3) is 5.69 Å². The Labute approximate surface area is 156 Å². The highest BCUT2D eigenvalue weighted by Crippen LogP contribution is 2.26. The molecule has 3 aromatic rings.